The highest BCUT2D eigenvalue weighted by Crippen LogP contribution is 2.20. The van der Waals surface area contributed by atoms with Gasteiger partial charge in [0.15, 0.2) is 5.58 Å². The molecule has 2 rings (SSSR count). The molecular formula is C8H8N2OS. The van der Waals surface area contributed by atoms with E-state index in [0.717, 1.165) is 16.7 Å². The van der Waals surface area contributed by atoms with E-state index in [1.54, 1.807) is 0 Å². The third kappa shape index (κ3) is 1.00. The summed E-state index contributed by atoms with van der Waals surface area (Å²) < 4.78 is 5.26. The number of rotatable bonds is 0. The molecule has 62 valence electrons. The Morgan fingerprint density at radius 2 is 2.25 bits per heavy atom. The van der Waals surface area contributed by atoms with Crippen LogP contribution in [0.15, 0.2) is 16.5 Å². The van der Waals surface area contributed by atoms with Gasteiger partial charge in [0.05, 0.1) is 5.52 Å². The molecule has 0 aliphatic heterocycles. The summed E-state index contributed by atoms with van der Waals surface area (Å²) in [4.78, 5) is 3.30. The first-order chi connectivity index (χ1) is 5.66. The van der Waals surface area contributed by atoms with Gasteiger partial charge in [0, 0.05) is 5.69 Å². The molecule has 0 aliphatic carbocycles. The highest BCUT2D eigenvalue weighted by molar-refractivity contribution is 7.71. The van der Waals surface area contributed by atoms with Crippen molar-refractivity contribution >= 4 is 29.0 Å². The highest BCUT2D eigenvalue weighted by Gasteiger charge is 2.02. The molecule has 0 aliphatic rings. The number of anilines is 1. The Kier molecular flexibility index (Phi) is 1.44. The van der Waals surface area contributed by atoms with E-state index >= 15 is 0 Å². The van der Waals surface area contributed by atoms with Crippen LogP contribution in [-0.2, 0) is 0 Å². The molecular weight excluding hydrogens is 172 g/mol. The second kappa shape index (κ2) is 2.35. The third-order valence-corrected chi connectivity index (χ3v) is 1.91. The largest absolute Gasteiger partial charge is 0.429 e. The van der Waals surface area contributed by atoms with Gasteiger partial charge in [-0.2, -0.15) is 0 Å². The average molecular weight is 180 g/mol. The number of aromatic nitrogens is 1. The van der Waals surface area contributed by atoms with Crippen molar-refractivity contribution in [2.24, 2.45) is 0 Å². The number of hydrogen-bond donors (Lipinski definition) is 2. The molecule has 0 spiro atoms. The van der Waals surface area contributed by atoms with E-state index in [-0.39, 0.29) is 0 Å². The Morgan fingerprint density at radius 3 is 3.00 bits per heavy atom. The number of aromatic amines is 1. The summed E-state index contributed by atoms with van der Waals surface area (Å²) in [6, 6.07) is 3.66. The van der Waals surface area contributed by atoms with Crippen molar-refractivity contribution in [1.82, 2.24) is 4.98 Å². The Morgan fingerprint density at radius 1 is 1.50 bits per heavy atom. The Hall–Kier alpha value is -1.29. The van der Waals surface area contributed by atoms with Gasteiger partial charge in [-0.3, -0.25) is 0 Å². The lowest BCUT2D eigenvalue weighted by Gasteiger charge is -1.95. The van der Waals surface area contributed by atoms with Gasteiger partial charge < -0.3 is 15.1 Å². The van der Waals surface area contributed by atoms with Crippen molar-refractivity contribution in [3.63, 3.8) is 0 Å². The Labute approximate surface area is 74.2 Å². The monoisotopic (exact) mass is 180 g/mol. The summed E-state index contributed by atoms with van der Waals surface area (Å²) >= 11 is 4.85. The van der Waals surface area contributed by atoms with Crippen LogP contribution in [0.3, 0.4) is 0 Å². The first-order valence-electron chi connectivity index (χ1n) is 3.56. The zero-order valence-electron chi connectivity index (χ0n) is 6.55. The Balaban J connectivity index is 2.97. The topological polar surface area (TPSA) is 55.0 Å². The van der Waals surface area contributed by atoms with Crippen LogP contribution in [0.5, 0.6) is 0 Å². The van der Waals surface area contributed by atoms with Gasteiger partial charge in [0.1, 0.15) is 0 Å². The molecule has 0 saturated heterocycles. The molecule has 12 heavy (non-hydrogen) atoms. The van der Waals surface area contributed by atoms with Crippen LogP contribution in [0, 0.1) is 11.8 Å². The predicted octanol–water partition coefficient (Wildman–Crippen LogP) is 2.38. The van der Waals surface area contributed by atoms with Crippen molar-refractivity contribution < 1.29 is 4.42 Å². The average Bonchev–Trinajstić information content (AvgIpc) is 2.29. The Bertz CT molecular complexity index is 483. The number of hydrogen-bond acceptors (Lipinski definition) is 3. The van der Waals surface area contributed by atoms with Crippen LogP contribution < -0.4 is 5.73 Å². The molecule has 0 amide bonds. The van der Waals surface area contributed by atoms with E-state index in [4.69, 9.17) is 22.4 Å². The number of aryl methyl sites for hydroxylation is 1. The molecule has 1 aromatic heterocycles. The minimum atomic E-state index is 0.388. The number of nitrogen functional groups attached to an aromatic ring is 1. The molecule has 3 N–H and O–H groups in total. The molecule has 1 aromatic carbocycles. The summed E-state index contributed by atoms with van der Waals surface area (Å²) in [6.45, 7) is 1.94. The zero-order valence-corrected chi connectivity index (χ0v) is 7.37. The molecule has 0 fully saturated rings. The van der Waals surface area contributed by atoms with Crippen LogP contribution in [0.2, 0.25) is 0 Å². The molecule has 0 saturated carbocycles. The smallest absolute Gasteiger partial charge is 0.266 e. The zero-order chi connectivity index (χ0) is 8.72. The fourth-order valence-electron chi connectivity index (χ4n) is 1.26. The van der Waals surface area contributed by atoms with Crippen molar-refractivity contribution in [3.05, 3.63) is 22.5 Å². The van der Waals surface area contributed by atoms with Gasteiger partial charge >= 0.3 is 0 Å². The highest BCUT2D eigenvalue weighted by atomic mass is 32.1. The first kappa shape index (κ1) is 7.36. The van der Waals surface area contributed by atoms with Gasteiger partial charge in [-0.25, -0.2) is 0 Å². The summed E-state index contributed by atoms with van der Waals surface area (Å²) in [5, 5.41) is 0. The molecule has 4 heteroatoms. The number of nitrogens with two attached hydrogens (primary N) is 1. The number of nitrogens with one attached hydrogen (secondary N) is 1. The minimum Gasteiger partial charge on any atom is -0.429 e. The minimum absolute atomic E-state index is 0.388. The fourth-order valence-corrected chi connectivity index (χ4v) is 1.45. The fraction of sp³-hybridized carbons (Fsp3) is 0.125. The number of H-pyrrole nitrogens is 1. The maximum Gasteiger partial charge on any atom is 0.266 e. The standard InChI is InChI=1S/C8H8N2OS/c1-4-2-5(9)3-6-7(4)11-8(12)10-6/h2-3H,9H2,1H3,(H,10,12). The van der Waals surface area contributed by atoms with E-state index < -0.39 is 0 Å². The van der Waals surface area contributed by atoms with E-state index in [9.17, 15) is 0 Å². The predicted molar refractivity (Wildman–Crippen MR) is 50.5 cm³/mol. The van der Waals surface area contributed by atoms with Gasteiger partial charge in [-0.05, 0) is 36.8 Å². The van der Waals surface area contributed by atoms with Crippen LogP contribution in [0.25, 0.3) is 11.1 Å². The molecule has 3 nitrogen and oxygen atoms in total. The molecule has 0 radical (unpaired) electrons. The molecule has 2 aromatic rings. The van der Waals surface area contributed by atoms with Gasteiger partial charge in [-0.15, -0.1) is 0 Å². The SMILES string of the molecule is Cc1cc(N)cc2[nH]c(=S)oc12. The third-order valence-electron chi connectivity index (χ3n) is 1.73. The van der Waals surface area contributed by atoms with Crippen LogP contribution in [0.1, 0.15) is 5.56 Å². The van der Waals surface area contributed by atoms with Crippen molar-refractivity contribution in [1.29, 1.82) is 0 Å². The van der Waals surface area contributed by atoms with Crippen molar-refractivity contribution in [2.75, 3.05) is 5.73 Å². The van der Waals surface area contributed by atoms with E-state index in [2.05, 4.69) is 4.98 Å². The van der Waals surface area contributed by atoms with E-state index in [1.807, 2.05) is 19.1 Å². The second-order valence-electron chi connectivity index (χ2n) is 2.73. The van der Waals surface area contributed by atoms with E-state index in [0.29, 0.717) is 10.5 Å². The maximum atomic E-state index is 5.64. The van der Waals surface area contributed by atoms with Gasteiger partial charge in [0.2, 0.25) is 0 Å². The number of fused-ring (bicyclic) bond motifs is 1. The summed E-state index contributed by atoms with van der Waals surface area (Å²) in [5.41, 5.74) is 9.00. The van der Waals surface area contributed by atoms with Crippen LogP contribution in [0.4, 0.5) is 5.69 Å². The number of benzene rings is 1. The van der Waals surface area contributed by atoms with Crippen LogP contribution in [-0.4, -0.2) is 4.98 Å². The molecule has 0 bridgehead atoms. The van der Waals surface area contributed by atoms with Gasteiger partial charge in [-0.1, -0.05) is 0 Å². The quantitative estimate of drug-likeness (QED) is 0.483. The first-order valence-corrected chi connectivity index (χ1v) is 3.96. The molecule has 1 heterocycles. The maximum absolute atomic E-state index is 5.64. The summed E-state index contributed by atoms with van der Waals surface area (Å²) in [7, 11) is 0. The second-order valence-corrected chi connectivity index (χ2v) is 3.10. The van der Waals surface area contributed by atoms with Crippen molar-refractivity contribution in [2.45, 2.75) is 6.92 Å². The van der Waals surface area contributed by atoms with Crippen LogP contribution >= 0.6 is 12.2 Å². The lowest BCUT2D eigenvalue weighted by molar-refractivity contribution is 0.581. The summed E-state index contributed by atoms with van der Waals surface area (Å²) in [6.07, 6.45) is 0. The molecule has 0 unspecified atom stereocenters. The molecule has 0 atom stereocenters. The van der Waals surface area contributed by atoms with Crippen molar-refractivity contribution in [3.8, 4) is 0 Å². The van der Waals surface area contributed by atoms with Gasteiger partial charge in [0.25, 0.3) is 4.84 Å². The number of oxazole rings is 1. The summed E-state index contributed by atoms with van der Waals surface area (Å²) in [5.74, 6) is 0. The lowest BCUT2D eigenvalue weighted by Crippen LogP contribution is -1.85. The normalized spacial score (nSPS) is 10.8. The lowest BCUT2D eigenvalue weighted by atomic mass is 10.2. The van der Waals surface area contributed by atoms with E-state index in [1.165, 1.54) is 0 Å².